The first-order valence-electron chi connectivity index (χ1n) is 9.47. The van der Waals surface area contributed by atoms with Crippen molar-refractivity contribution in [3.8, 4) is 0 Å². The zero-order valence-electron chi connectivity index (χ0n) is 14.8. The molecule has 0 N–H and O–H groups in total. The molecule has 10 bridgehead atoms. The molecule has 10 aliphatic carbocycles. The number of nitrogens with zero attached hydrogens (tertiary/aromatic N) is 2. The van der Waals surface area contributed by atoms with E-state index in [9.17, 15) is 0 Å². The molecule has 2 heteroatoms. The van der Waals surface area contributed by atoms with E-state index in [1.165, 1.54) is 57.2 Å². The molecule has 0 aromatic carbocycles. The summed E-state index contributed by atoms with van der Waals surface area (Å²) in [6, 6.07) is 0. The molecule has 1 spiro atoms. The van der Waals surface area contributed by atoms with E-state index in [1.54, 1.807) is 20.5 Å². The van der Waals surface area contributed by atoms with E-state index in [2.05, 4.69) is 24.1 Å². The monoisotopic (exact) mass is 360 g/mol. The summed E-state index contributed by atoms with van der Waals surface area (Å²) in [5, 5.41) is 6.72. The van der Waals surface area contributed by atoms with E-state index >= 15 is 0 Å². The van der Waals surface area contributed by atoms with E-state index in [1.807, 2.05) is 26.0 Å². The average Bonchev–Trinajstić information content (AvgIpc) is 3.37. The second-order valence-electron chi connectivity index (χ2n) is 9.02. The highest BCUT2D eigenvalue weighted by atomic mass is 16.0. The summed E-state index contributed by atoms with van der Waals surface area (Å²) in [7, 11) is 3.28. The molecule has 0 aromatic rings. The topological polar surface area (TPSA) is 24.7 Å². The van der Waals surface area contributed by atoms with Gasteiger partial charge in [-0.3, -0.25) is 0 Å². The Hall–Kier alpha value is -0.660. The highest BCUT2D eigenvalue weighted by Gasteiger charge is 4.00. The van der Waals surface area contributed by atoms with E-state index in [0.29, 0.717) is 0 Å². The fraction of sp³-hybridized carbons (Fsp3) is 0.917. The summed E-state index contributed by atoms with van der Waals surface area (Å²) in [5.74, 6) is 5.30. The molecule has 2 nitrogen and oxygen atoms in total. The van der Waals surface area contributed by atoms with Gasteiger partial charge in [0.1, 0.15) is 0 Å². The molecule has 150 valence electrons. The van der Waals surface area contributed by atoms with E-state index in [-0.39, 0.29) is 29.7 Å². The molecular weight excluding hydrogens is 316 g/mol. The fourth-order valence-corrected chi connectivity index (χ4v) is 8.09. The zero-order valence-corrected chi connectivity index (χ0v) is 14.8. The van der Waals surface area contributed by atoms with Crippen LogP contribution in [0.1, 0.15) is 70.2 Å². The van der Waals surface area contributed by atoms with Crippen molar-refractivity contribution in [2.24, 2.45) is 66.4 Å². The van der Waals surface area contributed by atoms with Crippen molar-refractivity contribution in [2.75, 3.05) is 14.1 Å². The number of allylic oxidation sites excluding steroid dienone is 2. The van der Waals surface area contributed by atoms with Gasteiger partial charge in [-0.15, -0.1) is 0 Å². The van der Waals surface area contributed by atoms with Crippen molar-refractivity contribution in [2.45, 2.75) is 70.2 Å². The highest BCUT2D eigenvalue weighted by molar-refractivity contribution is 6.43. The fourth-order valence-electron chi connectivity index (χ4n) is 8.09. The van der Waals surface area contributed by atoms with Gasteiger partial charge in [0.15, 0.2) is 0 Å². The van der Waals surface area contributed by atoms with Crippen molar-refractivity contribution >= 4 is 0 Å². The van der Waals surface area contributed by atoms with Gasteiger partial charge in [-0.1, -0.05) is 62.1 Å². The maximum atomic E-state index is 3.36. The summed E-state index contributed by atoms with van der Waals surface area (Å²) in [4.78, 5) is 0. The summed E-state index contributed by atoms with van der Waals surface area (Å²) in [6.45, 7) is 8.25. The molecular formula is C24H44N2. The Morgan fingerprint density at radius 2 is 1.00 bits per heavy atom. The first kappa shape index (κ1) is 21.6. The lowest BCUT2D eigenvalue weighted by atomic mass is 10.0. The molecule has 10 fully saturated rings. The Morgan fingerprint density at radius 3 is 1.00 bits per heavy atom. The molecule has 0 aliphatic heterocycles. The van der Waals surface area contributed by atoms with Gasteiger partial charge in [0, 0.05) is 41.2 Å². The van der Waals surface area contributed by atoms with Crippen LogP contribution < -0.4 is 0 Å². The quantitative estimate of drug-likeness (QED) is 0.324. The minimum Gasteiger partial charge on any atom is -0.198 e. The summed E-state index contributed by atoms with van der Waals surface area (Å²) in [6.07, 6.45) is 6.90. The maximum absolute atomic E-state index is 3.36. The van der Waals surface area contributed by atoms with E-state index in [0.717, 1.165) is 5.41 Å². The average molecular weight is 361 g/mol. The van der Waals surface area contributed by atoms with Crippen molar-refractivity contribution in [1.82, 2.24) is 0 Å². The van der Waals surface area contributed by atoms with Gasteiger partial charge in [0.2, 0.25) is 0 Å². The van der Waals surface area contributed by atoms with Crippen LogP contribution in [0.15, 0.2) is 22.4 Å². The normalized spacial score (nSPS) is 65.5. The van der Waals surface area contributed by atoms with Gasteiger partial charge in [-0.2, -0.15) is 10.2 Å². The van der Waals surface area contributed by atoms with Gasteiger partial charge >= 0.3 is 0 Å². The largest absolute Gasteiger partial charge is 0.198 e. The van der Waals surface area contributed by atoms with Crippen LogP contribution in [-0.2, 0) is 0 Å². The predicted octanol–water partition coefficient (Wildman–Crippen LogP) is 7.12. The van der Waals surface area contributed by atoms with Crippen LogP contribution in [0.25, 0.3) is 0 Å². The Labute approximate surface area is 163 Å². The van der Waals surface area contributed by atoms with Gasteiger partial charge < -0.3 is 0 Å². The molecule has 0 saturated heterocycles. The summed E-state index contributed by atoms with van der Waals surface area (Å²) >= 11 is 0. The Bertz CT molecular complexity index is 509. The minimum absolute atomic E-state index is 0. The highest BCUT2D eigenvalue weighted by Crippen LogP contribution is 4.00. The SMILES string of the molecule is C.C.C.C.C123C45C16C24C356.C1C2C3C4C1C234.CC=CC.CCC.CN=NC. The maximum Gasteiger partial charge on any atom is 0.0487 e. The predicted molar refractivity (Wildman–Crippen MR) is 113 cm³/mol. The lowest BCUT2D eigenvalue weighted by molar-refractivity contribution is 0.451. The lowest BCUT2D eigenvalue weighted by Crippen LogP contribution is -1.96. The van der Waals surface area contributed by atoms with Gasteiger partial charge in [-0.25, -0.2) is 0 Å². The van der Waals surface area contributed by atoms with Crippen LogP contribution in [0.4, 0.5) is 0 Å². The van der Waals surface area contributed by atoms with Gasteiger partial charge in [0.25, 0.3) is 0 Å². The van der Waals surface area contributed by atoms with Gasteiger partial charge in [-0.05, 0) is 49.4 Å². The Kier molecular flexibility index (Phi) is 3.88. The Morgan fingerprint density at radius 1 is 0.731 bits per heavy atom. The molecule has 0 heterocycles. The number of azo groups is 1. The molecule has 10 rings (SSSR count). The molecule has 10 saturated carbocycles. The van der Waals surface area contributed by atoms with Crippen molar-refractivity contribution in [1.29, 1.82) is 0 Å². The molecule has 26 heavy (non-hydrogen) atoms. The number of rotatable bonds is 0. The first-order valence-corrected chi connectivity index (χ1v) is 9.47. The molecule has 0 amide bonds. The molecule has 10 aliphatic rings. The van der Waals surface area contributed by atoms with Gasteiger partial charge in [0.05, 0.1) is 0 Å². The van der Waals surface area contributed by atoms with Crippen LogP contribution in [0.3, 0.4) is 0 Å². The smallest absolute Gasteiger partial charge is 0.0487 e. The van der Waals surface area contributed by atoms with Crippen LogP contribution in [0.5, 0.6) is 0 Å². The van der Waals surface area contributed by atoms with E-state index in [4.69, 9.17) is 0 Å². The van der Waals surface area contributed by atoms with E-state index < -0.39 is 0 Å². The standard InChI is InChI=1S/C6H6.C5.C4H8.C3H8.C2H6N2.4CH4/c1-2-4-5-3(1)6(2,4)5;1-2-3(1)4(1,2)5(1,2)3;1-3-4-2;1-3-2;1-3-4-2;;;;/h2-5H,1H2;;3-4H,1-2H3;3H2,1-2H3;1-2H3;4*1H4. The van der Waals surface area contributed by atoms with Crippen LogP contribution in [0.2, 0.25) is 0 Å². The first-order chi connectivity index (χ1) is 10.7. The Balaban J connectivity index is 0.000000116. The minimum atomic E-state index is 0. The number of hydrogen-bond donors (Lipinski definition) is 0. The molecule has 4 unspecified atom stereocenters. The van der Waals surface area contributed by atoms with Crippen LogP contribution >= 0.6 is 0 Å². The molecule has 4 atom stereocenters. The lowest BCUT2D eigenvalue weighted by Gasteiger charge is -2.03. The number of hydrogen-bond acceptors (Lipinski definition) is 2. The third kappa shape index (κ3) is 1.05. The third-order valence-corrected chi connectivity index (χ3v) is 9.41. The second-order valence-corrected chi connectivity index (χ2v) is 9.02. The summed E-state index contributed by atoms with van der Waals surface area (Å²) in [5.41, 5.74) is 7.39. The third-order valence-electron chi connectivity index (χ3n) is 9.41. The van der Waals surface area contributed by atoms with Crippen molar-refractivity contribution in [3.05, 3.63) is 12.2 Å². The second kappa shape index (κ2) is 4.66. The van der Waals surface area contributed by atoms with Crippen LogP contribution in [-0.4, -0.2) is 14.1 Å². The molecule has 0 radical (unpaired) electrons. The summed E-state index contributed by atoms with van der Waals surface area (Å²) < 4.78 is 0. The van der Waals surface area contributed by atoms with Crippen molar-refractivity contribution < 1.29 is 0 Å². The van der Waals surface area contributed by atoms with Crippen molar-refractivity contribution in [3.63, 3.8) is 0 Å². The molecule has 0 aromatic heterocycles. The zero-order chi connectivity index (χ0) is 15.6. The van der Waals surface area contributed by atoms with Crippen LogP contribution in [0, 0.1) is 56.2 Å².